The Morgan fingerprint density at radius 2 is 2.00 bits per heavy atom. The lowest BCUT2D eigenvalue weighted by atomic mass is 10.1. The summed E-state index contributed by atoms with van der Waals surface area (Å²) in [5.41, 5.74) is 0. The van der Waals surface area contributed by atoms with Crippen molar-refractivity contribution in [3.8, 4) is 0 Å². The van der Waals surface area contributed by atoms with Crippen molar-refractivity contribution < 1.29 is 19.5 Å². The fraction of sp³-hybridized carbons (Fsp3) is 0.786. The highest BCUT2D eigenvalue weighted by Crippen LogP contribution is 2.23. The van der Waals surface area contributed by atoms with Crippen LogP contribution in [0.4, 0.5) is 0 Å². The number of nitrogens with zero attached hydrogens (tertiary/aromatic N) is 2. The van der Waals surface area contributed by atoms with Crippen molar-refractivity contribution in [2.75, 3.05) is 13.1 Å². The van der Waals surface area contributed by atoms with Crippen LogP contribution in [0.5, 0.6) is 0 Å². The second-order valence-corrected chi connectivity index (χ2v) is 5.61. The standard InChI is InChI=1S/C14H24N2O4/c1-5-15(10(4)6-13(18)19)14(20)11-7-12(17)16(8-11)9(2)3/h9-11H,5-8H2,1-4H3,(H,18,19). The summed E-state index contributed by atoms with van der Waals surface area (Å²) in [6.45, 7) is 8.30. The lowest BCUT2D eigenvalue weighted by molar-refractivity contribution is -0.142. The van der Waals surface area contributed by atoms with E-state index in [0.29, 0.717) is 13.1 Å². The van der Waals surface area contributed by atoms with Crippen LogP contribution >= 0.6 is 0 Å². The Balaban J connectivity index is 2.73. The molecular weight excluding hydrogens is 260 g/mol. The maximum absolute atomic E-state index is 12.5. The SMILES string of the molecule is CCN(C(=O)C1CC(=O)N(C(C)C)C1)C(C)CC(=O)O. The smallest absolute Gasteiger partial charge is 0.305 e. The normalized spacial score (nSPS) is 20.4. The molecular formula is C14H24N2O4. The molecule has 0 aromatic rings. The summed E-state index contributed by atoms with van der Waals surface area (Å²) >= 11 is 0. The molecule has 1 fully saturated rings. The minimum absolute atomic E-state index is 0.000269. The zero-order valence-electron chi connectivity index (χ0n) is 12.6. The molecule has 0 bridgehead atoms. The van der Waals surface area contributed by atoms with Gasteiger partial charge in [-0.05, 0) is 27.7 Å². The highest BCUT2D eigenvalue weighted by Gasteiger charge is 2.38. The zero-order valence-corrected chi connectivity index (χ0v) is 12.6. The Kier molecular flexibility index (Phi) is 5.53. The summed E-state index contributed by atoms with van der Waals surface area (Å²) in [5, 5.41) is 8.83. The van der Waals surface area contributed by atoms with Gasteiger partial charge in [0.15, 0.2) is 0 Å². The maximum Gasteiger partial charge on any atom is 0.305 e. The molecule has 0 aliphatic carbocycles. The summed E-state index contributed by atoms with van der Waals surface area (Å²) < 4.78 is 0. The maximum atomic E-state index is 12.5. The van der Waals surface area contributed by atoms with Crippen molar-refractivity contribution in [3.05, 3.63) is 0 Å². The van der Waals surface area contributed by atoms with Crippen LogP contribution in [0.3, 0.4) is 0 Å². The van der Waals surface area contributed by atoms with E-state index < -0.39 is 5.97 Å². The van der Waals surface area contributed by atoms with Crippen LogP contribution in [-0.2, 0) is 14.4 Å². The highest BCUT2D eigenvalue weighted by atomic mass is 16.4. The molecule has 2 amide bonds. The average Bonchev–Trinajstić information content (AvgIpc) is 2.71. The van der Waals surface area contributed by atoms with E-state index in [1.807, 2.05) is 20.8 Å². The topological polar surface area (TPSA) is 77.9 Å². The zero-order chi connectivity index (χ0) is 15.4. The fourth-order valence-electron chi connectivity index (χ4n) is 2.68. The molecule has 0 radical (unpaired) electrons. The van der Waals surface area contributed by atoms with Crippen LogP contribution in [0.15, 0.2) is 0 Å². The van der Waals surface area contributed by atoms with Gasteiger partial charge >= 0.3 is 5.97 Å². The molecule has 1 aliphatic rings. The number of hydrogen-bond acceptors (Lipinski definition) is 3. The lowest BCUT2D eigenvalue weighted by Gasteiger charge is -2.29. The van der Waals surface area contributed by atoms with Crippen molar-refractivity contribution >= 4 is 17.8 Å². The third-order valence-corrected chi connectivity index (χ3v) is 3.76. The minimum atomic E-state index is -0.921. The molecule has 1 N–H and O–H groups in total. The molecule has 114 valence electrons. The van der Waals surface area contributed by atoms with E-state index in [2.05, 4.69) is 0 Å². The van der Waals surface area contributed by atoms with Crippen LogP contribution in [0.1, 0.15) is 40.5 Å². The second kappa shape index (κ2) is 6.72. The van der Waals surface area contributed by atoms with Gasteiger partial charge in [0.1, 0.15) is 0 Å². The van der Waals surface area contributed by atoms with Crippen molar-refractivity contribution in [2.45, 2.75) is 52.6 Å². The number of amides is 2. The number of hydrogen-bond donors (Lipinski definition) is 1. The van der Waals surface area contributed by atoms with Gasteiger partial charge in [0, 0.05) is 31.6 Å². The number of rotatable bonds is 6. The number of carbonyl (C=O) groups excluding carboxylic acids is 2. The Bertz CT molecular complexity index is 395. The van der Waals surface area contributed by atoms with E-state index >= 15 is 0 Å². The number of likely N-dealkylation sites (tertiary alicyclic amines) is 1. The van der Waals surface area contributed by atoms with E-state index in [4.69, 9.17) is 5.11 Å². The first-order valence-corrected chi connectivity index (χ1v) is 7.09. The van der Waals surface area contributed by atoms with E-state index in [1.165, 1.54) is 0 Å². The Morgan fingerprint density at radius 1 is 1.40 bits per heavy atom. The van der Waals surface area contributed by atoms with E-state index in [9.17, 15) is 14.4 Å². The van der Waals surface area contributed by atoms with Crippen LogP contribution in [0.25, 0.3) is 0 Å². The Labute approximate surface area is 119 Å². The average molecular weight is 284 g/mol. The second-order valence-electron chi connectivity index (χ2n) is 5.61. The van der Waals surface area contributed by atoms with Gasteiger partial charge in [0.25, 0.3) is 0 Å². The van der Waals surface area contributed by atoms with Gasteiger partial charge < -0.3 is 14.9 Å². The predicted molar refractivity (Wildman–Crippen MR) is 74.1 cm³/mol. The molecule has 1 rings (SSSR count). The third-order valence-electron chi connectivity index (χ3n) is 3.76. The van der Waals surface area contributed by atoms with Crippen LogP contribution in [0.2, 0.25) is 0 Å². The molecule has 0 aromatic carbocycles. The highest BCUT2D eigenvalue weighted by molar-refractivity contribution is 5.89. The molecule has 20 heavy (non-hydrogen) atoms. The molecule has 1 aliphatic heterocycles. The molecule has 6 heteroatoms. The Hall–Kier alpha value is -1.59. The first-order valence-electron chi connectivity index (χ1n) is 7.09. The van der Waals surface area contributed by atoms with Crippen molar-refractivity contribution in [1.82, 2.24) is 9.80 Å². The summed E-state index contributed by atoms with van der Waals surface area (Å²) in [6, 6.07) is -0.264. The van der Waals surface area contributed by atoms with Gasteiger partial charge in [-0.15, -0.1) is 0 Å². The van der Waals surface area contributed by atoms with Crippen LogP contribution in [-0.4, -0.2) is 57.9 Å². The number of carboxylic acids is 1. The monoisotopic (exact) mass is 284 g/mol. The summed E-state index contributed by atoms with van der Waals surface area (Å²) in [4.78, 5) is 38.4. The first kappa shape index (κ1) is 16.5. The number of carbonyl (C=O) groups is 3. The summed E-state index contributed by atoms with van der Waals surface area (Å²) in [6.07, 6.45) is 0.154. The Morgan fingerprint density at radius 3 is 2.40 bits per heavy atom. The van der Waals surface area contributed by atoms with Gasteiger partial charge in [0.05, 0.1) is 12.3 Å². The molecule has 6 nitrogen and oxygen atoms in total. The van der Waals surface area contributed by atoms with E-state index in [1.54, 1.807) is 16.7 Å². The van der Waals surface area contributed by atoms with Gasteiger partial charge in [-0.1, -0.05) is 0 Å². The number of aliphatic carboxylic acids is 1. The predicted octanol–water partition coefficient (Wildman–Crippen LogP) is 0.955. The summed E-state index contributed by atoms with van der Waals surface area (Å²) in [7, 11) is 0. The van der Waals surface area contributed by atoms with Crippen molar-refractivity contribution in [3.63, 3.8) is 0 Å². The lowest BCUT2D eigenvalue weighted by Crippen LogP contribution is -2.44. The molecule has 2 atom stereocenters. The van der Waals surface area contributed by atoms with Gasteiger partial charge in [0.2, 0.25) is 11.8 Å². The molecule has 2 unspecified atom stereocenters. The quantitative estimate of drug-likeness (QED) is 0.788. The molecule has 1 heterocycles. The molecule has 0 spiro atoms. The van der Waals surface area contributed by atoms with Gasteiger partial charge in [-0.3, -0.25) is 14.4 Å². The summed E-state index contributed by atoms with van der Waals surface area (Å²) in [5.74, 6) is -1.38. The minimum Gasteiger partial charge on any atom is -0.481 e. The first-order chi connectivity index (χ1) is 9.27. The largest absolute Gasteiger partial charge is 0.481 e. The van der Waals surface area contributed by atoms with Gasteiger partial charge in [-0.25, -0.2) is 0 Å². The van der Waals surface area contributed by atoms with Crippen molar-refractivity contribution in [1.29, 1.82) is 0 Å². The van der Waals surface area contributed by atoms with Gasteiger partial charge in [-0.2, -0.15) is 0 Å². The molecule has 1 saturated heterocycles. The van der Waals surface area contributed by atoms with E-state index in [0.717, 1.165) is 0 Å². The van der Waals surface area contributed by atoms with E-state index in [-0.39, 0.29) is 42.7 Å². The third kappa shape index (κ3) is 3.71. The van der Waals surface area contributed by atoms with Crippen LogP contribution in [0, 0.1) is 5.92 Å². The van der Waals surface area contributed by atoms with Crippen molar-refractivity contribution in [2.24, 2.45) is 5.92 Å². The fourth-order valence-corrected chi connectivity index (χ4v) is 2.68. The van der Waals surface area contributed by atoms with Crippen LogP contribution < -0.4 is 0 Å². The molecule has 0 aromatic heterocycles. The number of carboxylic acid groups (broad SMARTS) is 1. The molecule has 0 saturated carbocycles.